The number of methoxy groups -OCH3 is 2. The second-order valence-corrected chi connectivity index (χ2v) is 29.6. The van der Waals surface area contributed by atoms with Crippen molar-refractivity contribution in [2.75, 3.05) is 88.9 Å². The number of piperazine rings is 2. The molecule has 2 aromatic heterocycles. The molecule has 0 amide bonds. The van der Waals surface area contributed by atoms with E-state index in [1.54, 1.807) is 59.2 Å². The number of carboxylic acid groups (broad SMARTS) is 2. The van der Waals surface area contributed by atoms with Crippen molar-refractivity contribution >= 4 is 88.5 Å². The van der Waals surface area contributed by atoms with Crippen LogP contribution < -0.4 is 19.3 Å². The van der Waals surface area contributed by atoms with E-state index in [9.17, 15) is 66.5 Å². The zero-order valence-electron chi connectivity index (χ0n) is 56.1. The molecule has 4 aliphatic rings. The minimum absolute atomic E-state index is 0.0210. The average molecular weight is 1410 g/mol. The molecule has 2 N–H and O–H groups in total. The van der Waals surface area contributed by atoms with Crippen molar-refractivity contribution < 1.29 is 75.0 Å². The number of non-ortho nitro benzene ring substituents is 2. The first kappa shape index (κ1) is 71.4. The lowest BCUT2D eigenvalue weighted by atomic mass is 9.82. The molecule has 2 saturated heterocycles. The van der Waals surface area contributed by atoms with Gasteiger partial charge >= 0.3 is 23.9 Å². The third-order valence-corrected chi connectivity index (χ3v) is 22.0. The average Bonchev–Trinajstić information content (AvgIpc) is 1.59. The molecule has 26 nitrogen and oxygen atoms in total. The van der Waals surface area contributed by atoms with Crippen molar-refractivity contribution in [3.8, 4) is 34.0 Å². The smallest absolute Gasteiger partial charge is 0.337 e. The number of aliphatic carboxylic acids is 1. The van der Waals surface area contributed by atoms with Gasteiger partial charge in [0, 0.05) is 110 Å². The van der Waals surface area contributed by atoms with E-state index < -0.39 is 53.8 Å². The van der Waals surface area contributed by atoms with Crippen LogP contribution in [0.2, 0.25) is 0 Å². The van der Waals surface area contributed by atoms with E-state index in [-0.39, 0.29) is 55.1 Å². The number of fused-ring (bicyclic) bond motifs is 2. The van der Waals surface area contributed by atoms with Gasteiger partial charge in [0.15, 0.2) is 0 Å². The molecule has 2 saturated carbocycles. The van der Waals surface area contributed by atoms with Crippen LogP contribution in [0.15, 0.2) is 121 Å². The summed E-state index contributed by atoms with van der Waals surface area (Å²) < 4.78 is 77.0. The number of rotatable bonds is 22. The zero-order valence-corrected chi connectivity index (χ0v) is 57.7. The lowest BCUT2D eigenvalue weighted by Crippen LogP contribution is -2.48. The van der Waals surface area contributed by atoms with Crippen LogP contribution >= 0.6 is 0 Å². The summed E-state index contributed by atoms with van der Waals surface area (Å²) in [7, 11) is -3.95. The first-order chi connectivity index (χ1) is 47.9. The van der Waals surface area contributed by atoms with Crippen LogP contribution in [0.3, 0.4) is 0 Å². The molecule has 528 valence electrons. The monoisotopic (exact) mass is 1410 g/mol. The Labute approximate surface area is 578 Å². The maximum atomic E-state index is 12.8. The molecule has 4 fully saturated rings. The minimum atomic E-state index is -3.32. The molecule has 28 heteroatoms. The fourth-order valence-corrected chi connectivity index (χ4v) is 16.2. The van der Waals surface area contributed by atoms with Crippen molar-refractivity contribution in [2.45, 2.75) is 102 Å². The number of ether oxygens (including phenoxy) is 4. The van der Waals surface area contributed by atoms with Gasteiger partial charge in [-0.3, -0.25) is 29.8 Å². The van der Waals surface area contributed by atoms with Gasteiger partial charge in [-0.05, 0) is 145 Å². The first-order valence-electron chi connectivity index (χ1n) is 33.2. The molecule has 4 heterocycles. The predicted octanol–water partition coefficient (Wildman–Crippen LogP) is 11.6. The molecule has 8 aromatic rings. The van der Waals surface area contributed by atoms with Crippen LogP contribution in [0.25, 0.3) is 44.3 Å². The van der Waals surface area contributed by atoms with Gasteiger partial charge in [-0.25, -0.2) is 26.4 Å². The third-order valence-electron chi connectivity index (χ3n) is 19.4. The summed E-state index contributed by atoms with van der Waals surface area (Å²) in [5.41, 5.74) is 9.72. The maximum absolute atomic E-state index is 12.8. The van der Waals surface area contributed by atoms with E-state index in [4.69, 9.17) is 18.9 Å². The number of carbonyl (C=O) groups is 4. The molecular weight excluding hydrogens is 1330 g/mol. The summed E-state index contributed by atoms with van der Waals surface area (Å²) in [6.07, 6.45) is 12.9. The molecule has 0 radical (unpaired) electrons. The van der Waals surface area contributed by atoms with E-state index in [1.165, 1.54) is 66.0 Å². The molecule has 2 aliphatic carbocycles. The quantitative estimate of drug-likeness (QED) is 0.0362. The van der Waals surface area contributed by atoms with Crippen molar-refractivity contribution in [3.63, 3.8) is 0 Å². The molecule has 100 heavy (non-hydrogen) atoms. The summed E-state index contributed by atoms with van der Waals surface area (Å²) in [6, 6.07) is 34.4. The van der Waals surface area contributed by atoms with Gasteiger partial charge in [-0.2, -0.15) is 8.61 Å². The van der Waals surface area contributed by atoms with Crippen LogP contribution in [-0.4, -0.2) is 158 Å². The summed E-state index contributed by atoms with van der Waals surface area (Å²) in [6.45, 7) is 2.65. The Morgan fingerprint density at radius 3 is 1.27 bits per heavy atom. The Hall–Kier alpha value is -9.90. The number of aromatic nitrogens is 2. The fraction of sp³-hybridized carbons (Fsp3) is 0.389. The number of nitrogens with zero attached hydrogens (tertiary/aromatic N) is 8. The normalized spacial score (nSPS) is 16.0. The van der Waals surface area contributed by atoms with Gasteiger partial charge in [0.25, 0.3) is 11.4 Å². The first-order valence-corrected chi connectivity index (χ1v) is 36.9. The number of hydrogen-bond acceptors (Lipinski definition) is 18. The molecule has 0 atom stereocenters. The molecule has 2 aliphatic heterocycles. The number of carbonyl (C=O) groups excluding carboxylic acids is 2. The molecule has 0 spiro atoms. The highest BCUT2D eigenvalue weighted by Crippen LogP contribution is 2.47. The Balaban J connectivity index is 0.000000202. The topological polar surface area (TPSA) is 323 Å². The highest BCUT2D eigenvalue weighted by atomic mass is 32.2. The van der Waals surface area contributed by atoms with Gasteiger partial charge in [0.05, 0.1) is 70.1 Å². The van der Waals surface area contributed by atoms with Crippen LogP contribution in [0.4, 0.5) is 22.7 Å². The number of esters is 2. The highest BCUT2D eigenvalue weighted by molar-refractivity contribution is 7.88. The second-order valence-electron chi connectivity index (χ2n) is 25.7. The van der Waals surface area contributed by atoms with E-state index in [0.29, 0.717) is 86.1 Å². The van der Waals surface area contributed by atoms with Gasteiger partial charge in [0.2, 0.25) is 20.0 Å². The number of nitro groups is 2. The highest BCUT2D eigenvalue weighted by Gasteiger charge is 2.33. The van der Waals surface area contributed by atoms with E-state index in [0.717, 1.165) is 119 Å². The van der Waals surface area contributed by atoms with Crippen molar-refractivity contribution in [1.82, 2.24) is 17.7 Å². The van der Waals surface area contributed by atoms with Crippen LogP contribution in [-0.2, 0) is 65.4 Å². The lowest BCUT2D eigenvalue weighted by Gasteiger charge is -2.35. The number of anilines is 2. The van der Waals surface area contributed by atoms with Gasteiger partial charge in [-0.15, -0.1) is 0 Å². The van der Waals surface area contributed by atoms with Gasteiger partial charge in [-0.1, -0.05) is 50.7 Å². The minimum Gasteiger partial charge on any atom is -0.489 e. The summed E-state index contributed by atoms with van der Waals surface area (Å²) in [5, 5.41) is 44.7. The van der Waals surface area contributed by atoms with Crippen molar-refractivity contribution in [1.29, 1.82) is 0 Å². The van der Waals surface area contributed by atoms with Crippen LogP contribution in [0.5, 0.6) is 11.5 Å². The predicted molar refractivity (Wildman–Crippen MR) is 376 cm³/mol. The number of aromatic carboxylic acids is 1. The molecule has 0 unspecified atom stereocenters. The standard InChI is InChI=1S/C37H42N4O9S.C35H38N4O9S/c1-48-34(42)23-40-33-22-27(37(43)49-2)11-15-31(33)35(25-7-5-4-6-8-25)36(40)26-9-13-30(14-10-26)50-24-28-21-29(41(44)45)12-16-32(28)38-17-19-39(20-18-38)51(3,46)47;1-49(46,47)37-17-15-36(16-18-37)30-14-10-27(39(44)45)19-26(30)22-48-28-11-7-24(8-12-28)34-33(23-5-3-2-4-6-23)29-13-9-25(35(42)43)20-31(29)38(34)21-32(40)41/h9-16,21-22,25H,4-8,17-20,23-24H2,1-3H3;7-14,19-20,23H,2-6,15-18,21-22H2,1H3,(H,40,41)(H,42,43). The van der Waals surface area contributed by atoms with E-state index in [2.05, 4.69) is 0 Å². The summed E-state index contributed by atoms with van der Waals surface area (Å²) in [5.74, 6) is -1.52. The molecule has 12 rings (SSSR count). The Morgan fingerprint density at radius 1 is 0.500 bits per heavy atom. The second kappa shape index (κ2) is 30.7. The van der Waals surface area contributed by atoms with Gasteiger partial charge < -0.3 is 48.1 Å². The summed E-state index contributed by atoms with van der Waals surface area (Å²) >= 11 is 0. The zero-order chi connectivity index (χ0) is 71.2. The molecule has 0 bridgehead atoms. The van der Waals surface area contributed by atoms with Crippen molar-refractivity contribution in [2.24, 2.45) is 0 Å². The number of nitro benzene ring substituents is 2. The van der Waals surface area contributed by atoms with Crippen molar-refractivity contribution in [3.05, 3.63) is 175 Å². The van der Waals surface area contributed by atoms with E-state index in [1.807, 2.05) is 56.8 Å². The number of carboxylic acids is 2. The van der Waals surface area contributed by atoms with E-state index >= 15 is 0 Å². The number of sulfonamides is 2. The molecule has 6 aromatic carbocycles. The Morgan fingerprint density at radius 2 is 0.900 bits per heavy atom. The lowest BCUT2D eigenvalue weighted by molar-refractivity contribution is -0.385. The maximum Gasteiger partial charge on any atom is 0.337 e. The van der Waals surface area contributed by atoms with Crippen LogP contribution in [0, 0.1) is 20.2 Å². The van der Waals surface area contributed by atoms with Crippen LogP contribution in [0.1, 0.15) is 119 Å². The Bertz CT molecular complexity index is 4640. The number of hydrogen-bond donors (Lipinski definition) is 2. The summed E-state index contributed by atoms with van der Waals surface area (Å²) in [4.78, 5) is 75.6. The number of benzene rings is 6. The SMILES string of the molecule is COC(=O)Cn1c(-c2ccc(OCc3cc([N+](=O)[O-])ccc3N3CCN(S(C)(=O)=O)CC3)cc2)c(C2CCCCC2)c2ccc(C(=O)OC)cc21.CS(=O)(=O)N1CCN(c2ccc([N+](=O)[O-])cc2COc2ccc(-c3c(C4CCCCC4)c4ccc(C(=O)O)cc4n3CC(=O)O)cc2)CC1. The molecular formula is C72H80N8O18S2. The third kappa shape index (κ3) is 16.0. The van der Waals surface area contributed by atoms with Gasteiger partial charge in [0.1, 0.15) is 37.8 Å². The fourth-order valence-electron chi connectivity index (χ4n) is 14.5. The Kier molecular flexibility index (Phi) is 21.9. The largest absolute Gasteiger partial charge is 0.489 e.